The van der Waals surface area contributed by atoms with Gasteiger partial charge in [-0.15, -0.1) is 18.2 Å². The van der Waals surface area contributed by atoms with Crippen molar-refractivity contribution in [2.75, 3.05) is 20.1 Å². The van der Waals surface area contributed by atoms with Crippen LogP contribution in [0.15, 0.2) is 59.5 Å². The van der Waals surface area contributed by atoms with E-state index >= 15 is 0 Å². The van der Waals surface area contributed by atoms with E-state index in [1.807, 2.05) is 11.8 Å². The Morgan fingerprint density at radius 2 is 1.83 bits per heavy atom. The Morgan fingerprint density at radius 1 is 1.12 bits per heavy atom. The molecular formula is C21H21ClNS-. The van der Waals surface area contributed by atoms with Crippen LogP contribution in [0.3, 0.4) is 0 Å². The average Bonchev–Trinajstić information content (AvgIpc) is 2.73. The fourth-order valence-electron chi connectivity index (χ4n) is 2.91. The summed E-state index contributed by atoms with van der Waals surface area (Å²) in [6.45, 7) is 1.68. The SMILES string of the molecule is C#CCN(C)CC/C=C1\c2ccccc2CSc2ccccc21.[Cl-]. The number of fused-ring (bicyclic) bond motifs is 2. The van der Waals surface area contributed by atoms with E-state index in [-0.39, 0.29) is 12.4 Å². The Morgan fingerprint density at radius 3 is 2.62 bits per heavy atom. The summed E-state index contributed by atoms with van der Waals surface area (Å²) in [5.74, 6) is 3.73. The lowest BCUT2D eigenvalue weighted by Crippen LogP contribution is -3.00. The van der Waals surface area contributed by atoms with Crippen LogP contribution in [0, 0.1) is 12.3 Å². The molecule has 0 N–H and O–H groups in total. The van der Waals surface area contributed by atoms with Gasteiger partial charge >= 0.3 is 0 Å². The van der Waals surface area contributed by atoms with Gasteiger partial charge < -0.3 is 12.4 Å². The van der Waals surface area contributed by atoms with Crippen LogP contribution in [-0.2, 0) is 5.75 Å². The van der Waals surface area contributed by atoms with Crippen LogP contribution in [-0.4, -0.2) is 25.0 Å². The van der Waals surface area contributed by atoms with Gasteiger partial charge in [0.25, 0.3) is 0 Å². The van der Waals surface area contributed by atoms with Crippen molar-refractivity contribution in [2.24, 2.45) is 0 Å². The molecule has 0 amide bonds. The number of rotatable bonds is 4. The summed E-state index contributed by atoms with van der Waals surface area (Å²) >= 11 is 1.93. The summed E-state index contributed by atoms with van der Waals surface area (Å²) < 4.78 is 0. The van der Waals surface area contributed by atoms with E-state index in [0.29, 0.717) is 6.54 Å². The van der Waals surface area contributed by atoms with Crippen molar-refractivity contribution in [3.63, 3.8) is 0 Å². The molecule has 0 atom stereocenters. The summed E-state index contributed by atoms with van der Waals surface area (Å²) in [7, 11) is 2.07. The predicted octanol–water partition coefficient (Wildman–Crippen LogP) is 1.68. The number of thioether (sulfide) groups is 1. The van der Waals surface area contributed by atoms with E-state index in [1.165, 1.54) is 27.2 Å². The maximum Gasteiger partial charge on any atom is 0.0596 e. The summed E-state index contributed by atoms with van der Waals surface area (Å²) in [6.07, 6.45) is 8.75. The predicted molar refractivity (Wildman–Crippen MR) is 100 cm³/mol. The first-order chi connectivity index (χ1) is 11.3. The minimum Gasteiger partial charge on any atom is -1.00 e. The molecule has 0 aromatic heterocycles. The third kappa shape index (κ3) is 4.24. The molecule has 2 aromatic rings. The molecule has 2 aromatic carbocycles. The Hall–Kier alpha value is -1.66. The molecule has 0 saturated carbocycles. The molecule has 0 radical (unpaired) electrons. The van der Waals surface area contributed by atoms with E-state index in [2.05, 4.69) is 72.5 Å². The van der Waals surface area contributed by atoms with Crippen molar-refractivity contribution in [3.8, 4) is 12.3 Å². The second kappa shape index (κ2) is 8.99. The van der Waals surface area contributed by atoms with E-state index in [9.17, 15) is 0 Å². The topological polar surface area (TPSA) is 3.24 Å². The van der Waals surface area contributed by atoms with Crippen molar-refractivity contribution in [1.29, 1.82) is 0 Å². The second-order valence-electron chi connectivity index (χ2n) is 5.79. The van der Waals surface area contributed by atoms with Crippen LogP contribution < -0.4 is 12.4 Å². The number of hydrogen-bond acceptors (Lipinski definition) is 2. The van der Waals surface area contributed by atoms with Crippen molar-refractivity contribution < 1.29 is 12.4 Å². The van der Waals surface area contributed by atoms with Gasteiger partial charge in [0.2, 0.25) is 0 Å². The molecule has 1 heterocycles. The normalized spacial score (nSPS) is 14.3. The summed E-state index contributed by atoms with van der Waals surface area (Å²) in [5.41, 5.74) is 5.49. The quantitative estimate of drug-likeness (QED) is 0.769. The lowest BCUT2D eigenvalue weighted by Gasteiger charge is -2.14. The van der Waals surface area contributed by atoms with Crippen molar-refractivity contribution in [3.05, 3.63) is 71.3 Å². The first-order valence-corrected chi connectivity index (χ1v) is 8.91. The largest absolute Gasteiger partial charge is 1.00 e. The first kappa shape index (κ1) is 18.7. The van der Waals surface area contributed by atoms with Gasteiger partial charge in [0, 0.05) is 17.2 Å². The number of nitrogens with zero attached hydrogens (tertiary/aromatic N) is 1. The van der Waals surface area contributed by atoms with Crippen molar-refractivity contribution in [1.82, 2.24) is 4.90 Å². The lowest BCUT2D eigenvalue weighted by atomic mass is 9.93. The van der Waals surface area contributed by atoms with Crippen LogP contribution >= 0.6 is 11.8 Å². The number of benzene rings is 2. The molecule has 3 rings (SSSR count). The average molecular weight is 355 g/mol. The molecule has 124 valence electrons. The van der Waals surface area contributed by atoms with Gasteiger partial charge in [-0.05, 0) is 41.8 Å². The van der Waals surface area contributed by atoms with Crippen LogP contribution in [0.5, 0.6) is 0 Å². The van der Waals surface area contributed by atoms with Gasteiger partial charge in [0.05, 0.1) is 6.54 Å². The van der Waals surface area contributed by atoms with Gasteiger partial charge in [-0.25, -0.2) is 0 Å². The summed E-state index contributed by atoms with van der Waals surface area (Å²) in [6, 6.07) is 17.5. The zero-order chi connectivity index (χ0) is 16.1. The van der Waals surface area contributed by atoms with Crippen LogP contribution in [0.25, 0.3) is 5.57 Å². The first-order valence-electron chi connectivity index (χ1n) is 7.92. The van der Waals surface area contributed by atoms with Crippen LogP contribution in [0.4, 0.5) is 0 Å². The number of halogens is 1. The van der Waals surface area contributed by atoms with Gasteiger partial charge in [0.15, 0.2) is 0 Å². The third-order valence-electron chi connectivity index (χ3n) is 4.09. The fraction of sp³-hybridized carbons (Fsp3) is 0.238. The molecule has 0 unspecified atom stereocenters. The maximum atomic E-state index is 5.38. The Balaban J connectivity index is 0.00000208. The highest BCUT2D eigenvalue weighted by Gasteiger charge is 2.17. The maximum absolute atomic E-state index is 5.38. The van der Waals surface area contributed by atoms with Gasteiger partial charge in [-0.1, -0.05) is 54.5 Å². The highest BCUT2D eigenvalue weighted by atomic mass is 35.5. The zero-order valence-corrected chi connectivity index (χ0v) is 15.4. The van der Waals surface area contributed by atoms with Gasteiger partial charge in [0.1, 0.15) is 0 Å². The number of hydrogen-bond donors (Lipinski definition) is 0. The lowest BCUT2D eigenvalue weighted by molar-refractivity contribution is -0.00000455. The molecule has 0 spiro atoms. The molecule has 24 heavy (non-hydrogen) atoms. The molecule has 1 aliphatic rings. The third-order valence-corrected chi connectivity index (χ3v) is 5.21. The van der Waals surface area contributed by atoms with E-state index < -0.39 is 0 Å². The second-order valence-corrected chi connectivity index (χ2v) is 6.81. The number of terminal acetylenes is 1. The van der Waals surface area contributed by atoms with Crippen LogP contribution in [0.1, 0.15) is 23.1 Å². The van der Waals surface area contributed by atoms with Crippen molar-refractivity contribution in [2.45, 2.75) is 17.1 Å². The molecule has 3 heteroatoms. The Bertz CT molecular complexity index is 711. The minimum atomic E-state index is 0. The zero-order valence-electron chi connectivity index (χ0n) is 13.8. The van der Waals surface area contributed by atoms with E-state index in [0.717, 1.165) is 18.7 Å². The highest BCUT2D eigenvalue weighted by Crippen LogP contribution is 2.39. The molecule has 0 aliphatic carbocycles. The molecule has 0 saturated heterocycles. The van der Waals surface area contributed by atoms with Gasteiger partial charge in [-0.3, -0.25) is 4.90 Å². The molecular weight excluding hydrogens is 334 g/mol. The van der Waals surface area contributed by atoms with E-state index in [1.54, 1.807) is 0 Å². The molecule has 0 bridgehead atoms. The molecule has 1 aliphatic heterocycles. The van der Waals surface area contributed by atoms with E-state index in [4.69, 9.17) is 6.42 Å². The highest BCUT2D eigenvalue weighted by molar-refractivity contribution is 7.98. The Labute approximate surface area is 155 Å². The molecule has 0 fully saturated rings. The van der Waals surface area contributed by atoms with Crippen molar-refractivity contribution >= 4 is 17.3 Å². The standard InChI is InChI=1S/C21H21NS.ClH/c1-3-14-22(2)15-8-12-19-18-10-5-4-9-17(18)16-23-21-13-7-6-11-20(19)21;/h1,4-7,9-13H,8,14-16H2,2H3;1H/p-1/b19-12+;. The monoisotopic (exact) mass is 354 g/mol. The van der Waals surface area contributed by atoms with Gasteiger partial charge in [-0.2, -0.15) is 0 Å². The summed E-state index contributed by atoms with van der Waals surface area (Å²) in [5, 5.41) is 0. The fourth-order valence-corrected chi connectivity index (χ4v) is 3.98. The van der Waals surface area contributed by atoms with Crippen LogP contribution in [0.2, 0.25) is 0 Å². The molecule has 1 nitrogen and oxygen atoms in total. The Kier molecular flexibility index (Phi) is 6.99. The summed E-state index contributed by atoms with van der Waals surface area (Å²) in [4.78, 5) is 3.55. The smallest absolute Gasteiger partial charge is 0.0596 e. The minimum absolute atomic E-state index is 0.